The standard InChI is InChI=1S/C21H27N3O3/c1-24(2)14-6-13-22-20(25)16-9-11-17(12-10-16)21(26)23-15-18-7-4-5-8-19(18)27-3/h4-5,7-12H,6,13-15H2,1-3H3,(H,22,25)(H,23,26). The zero-order valence-electron chi connectivity index (χ0n) is 16.1. The van der Waals surface area contributed by atoms with E-state index in [9.17, 15) is 9.59 Å². The Kier molecular flexibility index (Phi) is 7.82. The van der Waals surface area contributed by atoms with Crippen molar-refractivity contribution in [2.45, 2.75) is 13.0 Å². The summed E-state index contributed by atoms with van der Waals surface area (Å²) in [5.74, 6) is 0.410. The van der Waals surface area contributed by atoms with Crippen LogP contribution < -0.4 is 15.4 Å². The van der Waals surface area contributed by atoms with E-state index < -0.39 is 0 Å². The van der Waals surface area contributed by atoms with Gasteiger partial charge in [0, 0.05) is 29.8 Å². The number of para-hydroxylation sites is 1. The molecular weight excluding hydrogens is 342 g/mol. The number of carbonyl (C=O) groups is 2. The Balaban J connectivity index is 1.86. The van der Waals surface area contributed by atoms with Gasteiger partial charge in [-0.25, -0.2) is 0 Å². The van der Waals surface area contributed by atoms with E-state index in [0.29, 0.717) is 24.2 Å². The first-order valence-corrected chi connectivity index (χ1v) is 8.94. The molecule has 6 nitrogen and oxygen atoms in total. The van der Waals surface area contributed by atoms with E-state index in [1.807, 2.05) is 38.4 Å². The summed E-state index contributed by atoms with van der Waals surface area (Å²) in [4.78, 5) is 26.5. The Morgan fingerprint density at radius 2 is 1.52 bits per heavy atom. The number of nitrogens with zero attached hydrogens (tertiary/aromatic N) is 1. The predicted octanol–water partition coefficient (Wildman–Crippen LogP) is 2.31. The van der Waals surface area contributed by atoms with E-state index in [1.54, 1.807) is 31.4 Å². The van der Waals surface area contributed by atoms with Gasteiger partial charge in [-0.2, -0.15) is 0 Å². The molecule has 0 unspecified atom stereocenters. The van der Waals surface area contributed by atoms with Crippen molar-refractivity contribution in [1.82, 2.24) is 15.5 Å². The third-order valence-electron chi connectivity index (χ3n) is 4.11. The van der Waals surface area contributed by atoms with Crippen molar-refractivity contribution in [2.75, 3.05) is 34.3 Å². The van der Waals surface area contributed by atoms with Crippen molar-refractivity contribution in [3.8, 4) is 5.75 Å². The highest BCUT2D eigenvalue weighted by atomic mass is 16.5. The van der Waals surface area contributed by atoms with Crippen LogP contribution in [0.5, 0.6) is 5.75 Å². The highest BCUT2D eigenvalue weighted by Crippen LogP contribution is 2.17. The van der Waals surface area contributed by atoms with Crippen LogP contribution in [0.3, 0.4) is 0 Å². The number of methoxy groups -OCH3 is 1. The number of amides is 2. The van der Waals surface area contributed by atoms with Gasteiger partial charge in [-0.1, -0.05) is 18.2 Å². The summed E-state index contributed by atoms with van der Waals surface area (Å²) in [6.45, 7) is 1.92. The molecule has 2 amide bonds. The smallest absolute Gasteiger partial charge is 0.251 e. The van der Waals surface area contributed by atoms with E-state index in [0.717, 1.165) is 24.3 Å². The number of nitrogens with one attached hydrogen (secondary N) is 2. The maximum atomic E-state index is 12.3. The average Bonchev–Trinajstić information content (AvgIpc) is 2.69. The first-order chi connectivity index (χ1) is 13.0. The monoisotopic (exact) mass is 369 g/mol. The number of hydrogen-bond donors (Lipinski definition) is 2. The van der Waals surface area contributed by atoms with Gasteiger partial charge in [-0.3, -0.25) is 9.59 Å². The highest BCUT2D eigenvalue weighted by molar-refractivity contribution is 5.97. The van der Waals surface area contributed by atoms with Gasteiger partial charge in [0.1, 0.15) is 5.75 Å². The van der Waals surface area contributed by atoms with Gasteiger partial charge >= 0.3 is 0 Å². The molecule has 0 heterocycles. The van der Waals surface area contributed by atoms with E-state index in [-0.39, 0.29) is 11.8 Å². The minimum atomic E-state index is -0.196. The molecule has 0 atom stereocenters. The van der Waals surface area contributed by atoms with Crippen molar-refractivity contribution in [3.05, 3.63) is 65.2 Å². The average molecular weight is 369 g/mol. The van der Waals surface area contributed by atoms with Crippen LogP contribution in [-0.2, 0) is 6.54 Å². The number of ether oxygens (including phenoxy) is 1. The zero-order valence-corrected chi connectivity index (χ0v) is 16.1. The van der Waals surface area contributed by atoms with Crippen molar-refractivity contribution < 1.29 is 14.3 Å². The number of benzene rings is 2. The molecule has 0 spiro atoms. The SMILES string of the molecule is COc1ccccc1CNC(=O)c1ccc(C(=O)NCCCN(C)C)cc1. The van der Waals surface area contributed by atoms with Crippen LogP contribution in [0.2, 0.25) is 0 Å². The second-order valence-electron chi connectivity index (χ2n) is 6.48. The van der Waals surface area contributed by atoms with Crippen LogP contribution >= 0.6 is 0 Å². The number of carbonyl (C=O) groups excluding carboxylic acids is 2. The van der Waals surface area contributed by atoms with Crippen molar-refractivity contribution in [2.24, 2.45) is 0 Å². The highest BCUT2D eigenvalue weighted by Gasteiger charge is 2.10. The topological polar surface area (TPSA) is 70.7 Å². The molecule has 0 radical (unpaired) electrons. The predicted molar refractivity (Wildman–Crippen MR) is 106 cm³/mol. The van der Waals surface area contributed by atoms with Crippen LogP contribution in [0.4, 0.5) is 0 Å². The minimum absolute atomic E-state index is 0.130. The summed E-state index contributed by atoms with van der Waals surface area (Å²) < 4.78 is 5.28. The molecule has 2 aromatic carbocycles. The Hall–Kier alpha value is -2.86. The van der Waals surface area contributed by atoms with E-state index >= 15 is 0 Å². The van der Waals surface area contributed by atoms with Crippen molar-refractivity contribution in [1.29, 1.82) is 0 Å². The molecule has 0 bridgehead atoms. The van der Waals surface area contributed by atoms with Crippen molar-refractivity contribution in [3.63, 3.8) is 0 Å². The van der Waals surface area contributed by atoms with Gasteiger partial charge in [0.15, 0.2) is 0 Å². The van der Waals surface area contributed by atoms with Crippen LogP contribution in [0.15, 0.2) is 48.5 Å². The molecular formula is C21H27N3O3. The summed E-state index contributed by atoms with van der Waals surface area (Å²) in [7, 11) is 5.60. The summed E-state index contributed by atoms with van der Waals surface area (Å²) in [5, 5.41) is 5.75. The maximum absolute atomic E-state index is 12.3. The minimum Gasteiger partial charge on any atom is -0.496 e. The lowest BCUT2D eigenvalue weighted by molar-refractivity contribution is 0.0939. The first kappa shape index (κ1) is 20.5. The van der Waals surface area contributed by atoms with Crippen LogP contribution in [0, 0.1) is 0 Å². The largest absolute Gasteiger partial charge is 0.496 e. The Labute approximate surface area is 160 Å². The second-order valence-corrected chi connectivity index (χ2v) is 6.48. The van der Waals surface area contributed by atoms with Gasteiger partial charge in [0.25, 0.3) is 11.8 Å². The lowest BCUT2D eigenvalue weighted by Gasteiger charge is -2.11. The van der Waals surface area contributed by atoms with Gasteiger partial charge in [-0.05, 0) is 57.4 Å². The lowest BCUT2D eigenvalue weighted by Crippen LogP contribution is -2.27. The van der Waals surface area contributed by atoms with Crippen molar-refractivity contribution >= 4 is 11.8 Å². The third kappa shape index (κ3) is 6.42. The maximum Gasteiger partial charge on any atom is 0.251 e. The fourth-order valence-corrected chi connectivity index (χ4v) is 2.60. The molecule has 6 heteroatoms. The van der Waals surface area contributed by atoms with E-state index in [1.165, 1.54) is 0 Å². The van der Waals surface area contributed by atoms with Crippen LogP contribution in [0.1, 0.15) is 32.7 Å². The molecule has 0 aliphatic carbocycles. The Bertz CT molecular complexity index is 758. The first-order valence-electron chi connectivity index (χ1n) is 8.94. The number of rotatable bonds is 9. The second kappa shape index (κ2) is 10.3. The molecule has 2 rings (SSSR count). The Morgan fingerprint density at radius 3 is 2.11 bits per heavy atom. The molecule has 2 aromatic rings. The van der Waals surface area contributed by atoms with E-state index in [2.05, 4.69) is 15.5 Å². The summed E-state index contributed by atoms with van der Waals surface area (Å²) >= 11 is 0. The number of hydrogen-bond acceptors (Lipinski definition) is 4. The van der Waals surface area contributed by atoms with Gasteiger partial charge in [0.2, 0.25) is 0 Å². The molecule has 144 valence electrons. The molecule has 0 aliphatic heterocycles. The Morgan fingerprint density at radius 1 is 0.926 bits per heavy atom. The van der Waals surface area contributed by atoms with Crippen LogP contribution in [-0.4, -0.2) is 51.0 Å². The molecule has 0 fully saturated rings. The van der Waals surface area contributed by atoms with Gasteiger partial charge < -0.3 is 20.3 Å². The molecule has 0 aromatic heterocycles. The van der Waals surface area contributed by atoms with Gasteiger partial charge in [-0.15, -0.1) is 0 Å². The van der Waals surface area contributed by atoms with Crippen LogP contribution in [0.25, 0.3) is 0 Å². The molecule has 0 saturated heterocycles. The normalized spacial score (nSPS) is 10.5. The molecule has 0 aliphatic rings. The van der Waals surface area contributed by atoms with E-state index in [4.69, 9.17) is 4.74 Å². The quantitative estimate of drug-likeness (QED) is 0.666. The summed E-state index contributed by atoms with van der Waals surface area (Å²) in [6.07, 6.45) is 0.891. The molecule has 2 N–H and O–H groups in total. The summed E-state index contributed by atoms with van der Waals surface area (Å²) in [6, 6.07) is 14.2. The summed E-state index contributed by atoms with van der Waals surface area (Å²) in [5.41, 5.74) is 1.96. The lowest BCUT2D eigenvalue weighted by atomic mass is 10.1. The fourth-order valence-electron chi connectivity index (χ4n) is 2.60. The van der Waals surface area contributed by atoms with Gasteiger partial charge in [0.05, 0.1) is 7.11 Å². The fraction of sp³-hybridized carbons (Fsp3) is 0.333. The molecule has 27 heavy (non-hydrogen) atoms. The third-order valence-corrected chi connectivity index (χ3v) is 4.11. The zero-order chi connectivity index (χ0) is 19.6. The molecule has 0 saturated carbocycles.